The third kappa shape index (κ3) is 2.88. The van der Waals surface area contributed by atoms with Gasteiger partial charge in [0.1, 0.15) is 4.90 Å². The maximum absolute atomic E-state index is 12.0. The first-order chi connectivity index (χ1) is 10.8. The molecular weight excluding hydrogens is 365 g/mol. The van der Waals surface area contributed by atoms with Crippen molar-refractivity contribution in [3.05, 3.63) is 62.1 Å². The highest BCUT2D eigenvalue weighted by Crippen LogP contribution is 2.32. The molecule has 118 valence electrons. The molecule has 1 N–H and O–H groups in total. The number of anilines is 1. The third-order valence-corrected chi connectivity index (χ3v) is 4.99. The molecule has 0 aromatic heterocycles. The quantitative estimate of drug-likeness (QED) is 0.643. The zero-order valence-corrected chi connectivity index (χ0v) is 13.5. The molecule has 0 aliphatic carbocycles. The predicted octanol–water partition coefficient (Wildman–Crippen LogP) is 3.46. The Morgan fingerprint density at radius 1 is 1.13 bits per heavy atom. The van der Waals surface area contributed by atoms with E-state index in [0.717, 1.165) is 18.2 Å². The number of nitro groups is 1. The summed E-state index contributed by atoms with van der Waals surface area (Å²) in [6.45, 7) is 0. The van der Waals surface area contributed by atoms with Crippen molar-refractivity contribution in [3.63, 3.8) is 0 Å². The molecule has 0 fully saturated rings. The fourth-order valence-corrected chi connectivity index (χ4v) is 3.68. The molecule has 0 amide bonds. The Morgan fingerprint density at radius 3 is 2.52 bits per heavy atom. The van der Waals surface area contributed by atoms with Gasteiger partial charge in [-0.1, -0.05) is 23.2 Å². The van der Waals surface area contributed by atoms with Crippen LogP contribution >= 0.6 is 23.2 Å². The number of halogens is 2. The standard InChI is InChI=1S/C13H7Cl2N3O4S/c14-7-1-3-11(10(15)5-7)16-13-9-6-8(18(19)20)2-4-12(9)23(21,22)17-13/h1-6H,(H,16,17). The van der Waals surface area contributed by atoms with E-state index in [9.17, 15) is 18.5 Å². The van der Waals surface area contributed by atoms with E-state index in [1.54, 1.807) is 12.1 Å². The fourth-order valence-electron chi connectivity index (χ4n) is 2.07. The van der Waals surface area contributed by atoms with Crippen LogP contribution in [-0.4, -0.2) is 19.2 Å². The van der Waals surface area contributed by atoms with Crippen molar-refractivity contribution in [1.29, 1.82) is 0 Å². The van der Waals surface area contributed by atoms with Crippen LogP contribution in [-0.2, 0) is 10.0 Å². The van der Waals surface area contributed by atoms with Gasteiger partial charge in [-0.2, -0.15) is 8.42 Å². The average Bonchev–Trinajstić information content (AvgIpc) is 2.73. The molecule has 0 radical (unpaired) electrons. The summed E-state index contributed by atoms with van der Waals surface area (Å²) in [6.07, 6.45) is 0. The van der Waals surface area contributed by atoms with Crippen molar-refractivity contribution in [2.24, 2.45) is 4.40 Å². The maximum Gasteiger partial charge on any atom is 0.285 e. The van der Waals surface area contributed by atoms with Crippen LogP contribution in [0.5, 0.6) is 0 Å². The zero-order valence-electron chi connectivity index (χ0n) is 11.2. The van der Waals surface area contributed by atoms with Gasteiger partial charge in [-0.3, -0.25) is 10.1 Å². The van der Waals surface area contributed by atoms with Gasteiger partial charge < -0.3 is 5.32 Å². The number of rotatable bonds is 2. The molecule has 2 aromatic rings. The van der Waals surface area contributed by atoms with Crippen LogP contribution in [0.25, 0.3) is 0 Å². The second-order valence-electron chi connectivity index (χ2n) is 4.60. The Hall–Kier alpha value is -2.16. The minimum Gasteiger partial charge on any atom is -0.338 e. The number of hydrogen-bond donors (Lipinski definition) is 1. The highest BCUT2D eigenvalue weighted by atomic mass is 35.5. The Balaban J connectivity index is 2.08. The van der Waals surface area contributed by atoms with Gasteiger partial charge in [0.15, 0.2) is 5.84 Å². The summed E-state index contributed by atoms with van der Waals surface area (Å²) in [4.78, 5) is 10.2. The van der Waals surface area contributed by atoms with Gasteiger partial charge in [0, 0.05) is 22.7 Å². The highest BCUT2D eigenvalue weighted by Gasteiger charge is 2.31. The van der Waals surface area contributed by atoms with Gasteiger partial charge >= 0.3 is 0 Å². The topological polar surface area (TPSA) is 102 Å². The minimum absolute atomic E-state index is 0.0343. The van der Waals surface area contributed by atoms with Crippen LogP contribution < -0.4 is 5.32 Å². The average molecular weight is 372 g/mol. The first-order valence-electron chi connectivity index (χ1n) is 6.14. The van der Waals surface area contributed by atoms with Crippen molar-refractivity contribution in [2.45, 2.75) is 4.90 Å². The van der Waals surface area contributed by atoms with Crippen LogP contribution in [0.1, 0.15) is 5.56 Å². The molecule has 1 heterocycles. The van der Waals surface area contributed by atoms with Crippen molar-refractivity contribution in [2.75, 3.05) is 5.32 Å². The summed E-state index contributed by atoms with van der Waals surface area (Å²) in [5, 5.41) is 14.3. The second kappa shape index (κ2) is 5.48. The number of hydrogen-bond acceptors (Lipinski definition) is 5. The monoisotopic (exact) mass is 371 g/mol. The first kappa shape index (κ1) is 15.7. The number of nitro benzene ring substituents is 1. The minimum atomic E-state index is -3.90. The van der Waals surface area contributed by atoms with Crippen molar-refractivity contribution >= 4 is 50.4 Å². The van der Waals surface area contributed by atoms with Crippen molar-refractivity contribution in [3.8, 4) is 0 Å². The number of amidine groups is 1. The van der Waals surface area contributed by atoms with E-state index in [0.29, 0.717) is 10.7 Å². The Labute approximate surface area is 140 Å². The molecule has 0 atom stereocenters. The number of non-ortho nitro benzene ring substituents is 1. The van der Waals surface area contributed by atoms with Gasteiger partial charge in [-0.15, -0.1) is 4.40 Å². The van der Waals surface area contributed by atoms with E-state index >= 15 is 0 Å². The molecule has 10 heteroatoms. The largest absolute Gasteiger partial charge is 0.338 e. The summed E-state index contributed by atoms with van der Waals surface area (Å²) in [7, 11) is -3.90. The number of fused-ring (bicyclic) bond motifs is 1. The molecular formula is C13H7Cl2N3O4S. The summed E-state index contributed by atoms with van der Waals surface area (Å²) in [6, 6.07) is 8.01. The SMILES string of the molecule is O=[N+]([O-])c1ccc2c(c1)C(Nc1ccc(Cl)cc1Cl)=NS2(=O)=O. The Bertz CT molecular complexity index is 973. The van der Waals surface area contributed by atoms with E-state index < -0.39 is 14.9 Å². The fraction of sp³-hybridized carbons (Fsp3) is 0. The van der Waals surface area contributed by atoms with Crippen LogP contribution in [0.4, 0.5) is 11.4 Å². The van der Waals surface area contributed by atoms with Crippen molar-refractivity contribution < 1.29 is 13.3 Å². The van der Waals surface area contributed by atoms with Crippen LogP contribution in [0.2, 0.25) is 10.0 Å². The number of nitrogens with zero attached hydrogens (tertiary/aromatic N) is 2. The lowest BCUT2D eigenvalue weighted by Gasteiger charge is -2.08. The van der Waals surface area contributed by atoms with E-state index in [2.05, 4.69) is 9.71 Å². The lowest BCUT2D eigenvalue weighted by Crippen LogP contribution is -2.12. The summed E-state index contributed by atoms with van der Waals surface area (Å²) >= 11 is 11.8. The van der Waals surface area contributed by atoms with Gasteiger partial charge in [-0.25, -0.2) is 0 Å². The third-order valence-electron chi connectivity index (χ3n) is 3.10. The number of benzene rings is 2. The van der Waals surface area contributed by atoms with E-state index in [1.807, 2.05) is 0 Å². The number of sulfonamides is 1. The molecule has 0 saturated heterocycles. The van der Waals surface area contributed by atoms with Crippen molar-refractivity contribution in [1.82, 2.24) is 0 Å². The second-order valence-corrected chi connectivity index (χ2v) is 7.02. The van der Waals surface area contributed by atoms with Gasteiger partial charge in [0.05, 0.1) is 15.6 Å². The highest BCUT2D eigenvalue weighted by molar-refractivity contribution is 7.90. The van der Waals surface area contributed by atoms with Crippen LogP contribution in [0.15, 0.2) is 45.7 Å². The van der Waals surface area contributed by atoms with Crippen LogP contribution in [0, 0.1) is 10.1 Å². The number of nitrogens with one attached hydrogen (secondary N) is 1. The summed E-state index contributed by atoms with van der Waals surface area (Å²) < 4.78 is 27.7. The van der Waals surface area contributed by atoms with Crippen LogP contribution in [0.3, 0.4) is 0 Å². The lowest BCUT2D eigenvalue weighted by atomic mass is 10.1. The molecule has 2 aromatic carbocycles. The first-order valence-corrected chi connectivity index (χ1v) is 8.33. The van der Waals surface area contributed by atoms with Gasteiger partial charge in [0.2, 0.25) is 0 Å². The molecule has 0 bridgehead atoms. The normalized spacial score (nSPS) is 15.0. The molecule has 0 saturated carbocycles. The lowest BCUT2D eigenvalue weighted by molar-refractivity contribution is -0.384. The molecule has 7 nitrogen and oxygen atoms in total. The molecule has 3 rings (SSSR count). The molecule has 0 spiro atoms. The molecule has 1 aliphatic heterocycles. The zero-order chi connectivity index (χ0) is 16.8. The molecule has 1 aliphatic rings. The van der Waals surface area contributed by atoms with E-state index in [4.69, 9.17) is 23.2 Å². The predicted molar refractivity (Wildman–Crippen MR) is 86.9 cm³/mol. The smallest absolute Gasteiger partial charge is 0.285 e. The summed E-state index contributed by atoms with van der Waals surface area (Å²) in [5.41, 5.74) is 0.257. The Morgan fingerprint density at radius 2 is 1.87 bits per heavy atom. The van der Waals surface area contributed by atoms with Gasteiger partial charge in [-0.05, 0) is 24.3 Å². The molecule has 0 unspecified atom stereocenters. The van der Waals surface area contributed by atoms with E-state index in [-0.39, 0.29) is 27.0 Å². The van der Waals surface area contributed by atoms with Gasteiger partial charge in [0.25, 0.3) is 15.7 Å². The molecule has 23 heavy (non-hydrogen) atoms. The maximum atomic E-state index is 12.0. The summed E-state index contributed by atoms with van der Waals surface area (Å²) in [5.74, 6) is -0.0343. The Kier molecular flexibility index (Phi) is 3.75. The van der Waals surface area contributed by atoms with E-state index in [1.165, 1.54) is 6.07 Å².